The number of carbonyl (C=O) groups excluding carboxylic acids is 1. The first-order valence-corrected chi connectivity index (χ1v) is 7.52. The van der Waals surface area contributed by atoms with Crippen molar-refractivity contribution in [1.82, 2.24) is 4.98 Å². The van der Waals surface area contributed by atoms with Crippen LogP contribution in [-0.4, -0.2) is 11.0 Å². The van der Waals surface area contributed by atoms with E-state index in [2.05, 4.69) is 4.98 Å². The Morgan fingerprint density at radius 3 is 2.78 bits per heavy atom. The molecule has 0 N–H and O–H groups in total. The van der Waals surface area contributed by atoms with E-state index >= 15 is 0 Å². The van der Waals surface area contributed by atoms with Crippen molar-refractivity contribution < 1.29 is 13.9 Å². The number of carbonyl (C=O) groups is 1. The topological polar surface area (TPSA) is 52.3 Å². The van der Waals surface area contributed by atoms with E-state index in [0.29, 0.717) is 21.5 Å². The van der Waals surface area contributed by atoms with Gasteiger partial charge in [-0.2, -0.15) is 0 Å². The van der Waals surface area contributed by atoms with E-state index in [1.165, 1.54) is 6.08 Å². The minimum absolute atomic E-state index is 0.0285. The van der Waals surface area contributed by atoms with E-state index in [-0.39, 0.29) is 6.61 Å². The van der Waals surface area contributed by atoms with E-state index in [1.54, 1.807) is 30.3 Å². The summed E-state index contributed by atoms with van der Waals surface area (Å²) in [6, 6.07) is 12.4. The highest BCUT2D eigenvalue weighted by Gasteiger charge is 2.07. The van der Waals surface area contributed by atoms with Crippen LogP contribution in [0.4, 0.5) is 0 Å². The van der Waals surface area contributed by atoms with Crippen molar-refractivity contribution in [3.05, 3.63) is 70.0 Å². The maximum atomic E-state index is 11.7. The summed E-state index contributed by atoms with van der Waals surface area (Å²) in [7, 11) is 0. The maximum absolute atomic E-state index is 11.7. The number of fused-ring (bicyclic) bond motifs is 1. The molecule has 1 aromatic heterocycles. The molecule has 3 rings (SSSR count). The number of hydrogen-bond donors (Lipinski definition) is 0. The summed E-state index contributed by atoms with van der Waals surface area (Å²) in [5, 5.41) is 0.885. The van der Waals surface area contributed by atoms with Crippen molar-refractivity contribution in [2.75, 3.05) is 0 Å². The number of ether oxygens (including phenoxy) is 1. The molecule has 0 amide bonds. The zero-order valence-electron chi connectivity index (χ0n) is 11.8. The molecule has 1 heterocycles. The molecule has 0 saturated heterocycles. The molecule has 116 valence electrons. The van der Waals surface area contributed by atoms with Crippen LogP contribution in [0.1, 0.15) is 11.5 Å². The van der Waals surface area contributed by atoms with Gasteiger partial charge < -0.3 is 9.15 Å². The Kier molecular flexibility index (Phi) is 4.65. The molecular formula is C17H11Cl2NO3. The first-order valence-electron chi connectivity index (χ1n) is 6.76. The Hall–Kier alpha value is -2.30. The molecule has 4 nitrogen and oxygen atoms in total. The van der Waals surface area contributed by atoms with Gasteiger partial charge in [0.25, 0.3) is 0 Å². The molecule has 3 aromatic rings. The third-order valence-electron chi connectivity index (χ3n) is 3.03. The molecule has 0 atom stereocenters. The molecule has 2 aromatic carbocycles. The summed E-state index contributed by atoms with van der Waals surface area (Å²) < 4.78 is 10.6. The molecule has 0 spiro atoms. The molecule has 0 unspecified atom stereocenters. The fourth-order valence-electron chi connectivity index (χ4n) is 1.94. The highest BCUT2D eigenvalue weighted by Crippen LogP contribution is 2.23. The molecule has 0 aliphatic carbocycles. The standard InChI is InChI=1S/C17H11Cl2NO3/c18-12-7-5-11(9-13(12)19)6-8-17(21)22-10-16-20-14-3-1-2-4-15(14)23-16/h1-9H,10H2/b8-6+. The van der Waals surface area contributed by atoms with Gasteiger partial charge in [0.2, 0.25) is 5.89 Å². The molecular weight excluding hydrogens is 337 g/mol. The molecule has 0 radical (unpaired) electrons. The van der Waals surface area contributed by atoms with Gasteiger partial charge in [-0.05, 0) is 35.9 Å². The van der Waals surface area contributed by atoms with Crippen molar-refractivity contribution >= 4 is 46.3 Å². The largest absolute Gasteiger partial charge is 0.453 e. The van der Waals surface area contributed by atoms with Crippen molar-refractivity contribution in [1.29, 1.82) is 0 Å². The van der Waals surface area contributed by atoms with Gasteiger partial charge in [0.15, 0.2) is 12.2 Å². The Labute approximate surface area is 142 Å². The van der Waals surface area contributed by atoms with Crippen LogP contribution in [0, 0.1) is 0 Å². The Morgan fingerprint density at radius 2 is 2.00 bits per heavy atom. The maximum Gasteiger partial charge on any atom is 0.331 e. The second-order valence-corrected chi connectivity index (χ2v) is 5.50. The summed E-state index contributed by atoms with van der Waals surface area (Å²) in [4.78, 5) is 15.9. The predicted molar refractivity (Wildman–Crippen MR) is 89.3 cm³/mol. The zero-order valence-corrected chi connectivity index (χ0v) is 13.3. The number of halogens is 2. The number of para-hydroxylation sites is 2. The van der Waals surface area contributed by atoms with Gasteiger partial charge in [0, 0.05) is 6.08 Å². The number of hydrogen-bond acceptors (Lipinski definition) is 4. The molecule has 0 bridgehead atoms. The van der Waals surface area contributed by atoms with Gasteiger partial charge in [-0.15, -0.1) is 0 Å². The van der Waals surface area contributed by atoms with Crippen LogP contribution >= 0.6 is 23.2 Å². The molecule has 0 saturated carbocycles. The Morgan fingerprint density at radius 1 is 1.17 bits per heavy atom. The number of aromatic nitrogens is 1. The second-order valence-electron chi connectivity index (χ2n) is 4.69. The summed E-state index contributed by atoms with van der Waals surface area (Å²) in [6.07, 6.45) is 2.90. The van der Waals surface area contributed by atoms with E-state index in [1.807, 2.05) is 18.2 Å². The Bertz CT molecular complexity index is 853. The lowest BCUT2D eigenvalue weighted by molar-refractivity contribution is -0.139. The molecule has 6 heteroatoms. The lowest BCUT2D eigenvalue weighted by atomic mass is 10.2. The number of nitrogens with zero attached hydrogens (tertiary/aromatic N) is 1. The number of oxazole rings is 1. The quantitative estimate of drug-likeness (QED) is 0.498. The van der Waals surface area contributed by atoms with E-state index in [9.17, 15) is 4.79 Å². The number of rotatable bonds is 4. The summed E-state index contributed by atoms with van der Waals surface area (Å²) in [6.45, 7) is -0.0285. The van der Waals surface area contributed by atoms with Crippen LogP contribution in [0.25, 0.3) is 17.2 Å². The normalized spacial score (nSPS) is 11.2. The van der Waals surface area contributed by atoms with Crippen LogP contribution in [0.2, 0.25) is 10.0 Å². The first kappa shape index (κ1) is 15.6. The van der Waals surface area contributed by atoms with Crippen LogP contribution in [0.15, 0.2) is 53.0 Å². The van der Waals surface area contributed by atoms with Gasteiger partial charge in [-0.3, -0.25) is 0 Å². The monoisotopic (exact) mass is 347 g/mol. The van der Waals surface area contributed by atoms with Crippen LogP contribution in [0.5, 0.6) is 0 Å². The minimum atomic E-state index is -0.502. The fraction of sp³-hybridized carbons (Fsp3) is 0.0588. The van der Waals surface area contributed by atoms with Gasteiger partial charge in [-0.25, -0.2) is 9.78 Å². The van der Waals surface area contributed by atoms with Crippen molar-refractivity contribution in [2.24, 2.45) is 0 Å². The Balaban J connectivity index is 1.60. The number of benzene rings is 2. The summed E-state index contributed by atoms with van der Waals surface area (Å²) >= 11 is 11.7. The second kappa shape index (κ2) is 6.86. The molecule has 23 heavy (non-hydrogen) atoms. The first-order chi connectivity index (χ1) is 11.1. The average molecular weight is 348 g/mol. The van der Waals surface area contributed by atoms with Gasteiger partial charge in [0.05, 0.1) is 10.0 Å². The fourth-order valence-corrected chi connectivity index (χ4v) is 2.25. The van der Waals surface area contributed by atoms with Crippen molar-refractivity contribution in [2.45, 2.75) is 6.61 Å². The third-order valence-corrected chi connectivity index (χ3v) is 3.77. The average Bonchev–Trinajstić information content (AvgIpc) is 2.97. The lowest BCUT2D eigenvalue weighted by Gasteiger charge is -1.99. The summed E-state index contributed by atoms with van der Waals surface area (Å²) in [5.41, 5.74) is 2.13. The van der Waals surface area contributed by atoms with Gasteiger partial charge >= 0.3 is 5.97 Å². The minimum Gasteiger partial charge on any atom is -0.453 e. The number of esters is 1. The van der Waals surface area contributed by atoms with Crippen molar-refractivity contribution in [3.8, 4) is 0 Å². The van der Waals surface area contributed by atoms with Crippen LogP contribution in [-0.2, 0) is 16.1 Å². The smallest absolute Gasteiger partial charge is 0.331 e. The van der Waals surface area contributed by atoms with Crippen LogP contribution < -0.4 is 0 Å². The molecule has 0 aliphatic heterocycles. The van der Waals surface area contributed by atoms with E-state index in [4.69, 9.17) is 32.4 Å². The lowest BCUT2D eigenvalue weighted by Crippen LogP contribution is -2.00. The molecule has 0 fully saturated rings. The van der Waals surface area contributed by atoms with E-state index < -0.39 is 5.97 Å². The third kappa shape index (κ3) is 3.92. The highest BCUT2D eigenvalue weighted by atomic mass is 35.5. The molecule has 0 aliphatic rings. The van der Waals surface area contributed by atoms with Crippen LogP contribution in [0.3, 0.4) is 0 Å². The summed E-state index contributed by atoms with van der Waals surface area (Å²) in [5.74, 6) is -0.152. The van der Waals surface area contributed by atoms with Gasteiger partial charge in [0.1, 0.15) is 5.52 Å². The highest BCUT2D eigenvalue weighted by molar-refractivity contribution is 6.42. The SMILES string of the molecule is O=C(/C=C/c1ccc(Cl)c(Cl)c1)OCc1nc2ccccc2o1. The van der Waals surface area contributed by atoms with Gasteiger partial charge in [-0.1, -0.05) is 41.4 Å². The predicted octanol–water partition coefficient (Wildman–Crippen LogP) is 4.89. The van der Waals surface area contributed by atoms with Crippen molar-refractivity contribution in [3.63, 3.8) is 0 Å². The zero-order chi connectivity index (χ0) is 16.2. The van der Waals surface area contributed by atoms with E-state index in [0.717, 1.165) is 11.1 Å².